The minimum Gasteiger partial charge on any atom is -0.610 e. The van der Waals surface area contributed by atoms with Gasteiger partial charge >= 0.3 is 0 Å². The molecule has 2 aromatic carbocycles. The Morgan fingerprint density at radius 3 is 2.18 bits per heavy atom. The Labute approximate surface area is 524 Å². The molecule has 0 saturated carbocycles. The number of imide groups is 1. The van der Waals surface area contributed by atoms with Gasteiger partial charge in [0.25, 0.3) is 0 Å². The standard InChI is InChI=1S/C57H74N14O17S2/c1-4-8-36-50(81)60-26-47(78)65-39-28-90(88)54-34(33-9-5-6-10-35(33)68-54)20-37(51(82)61-25-46(77)64-36)66-53(84)41(19-32(73)27-72)69(3)56(86)40-11-7-17-70(40)55(85)38(67-52(39)83)21-44(75)58-23-30-12-14-31(15-13-30)63-49(80)29(2)62-45(76)24-59-43(74)16-18-71-48(79)22-42(89)57(71)87/h5-6,9-10,12-15,29,32,36-42,68,72-73,89H,4,7-8,11,16-28H2,1-3H3,(H,58,75)(H,59,74)(H,60,81)(H,61,82)(H,62,76)(H,63,80)(H,64,77)(H,65,78)(H,66,84)(H,67,83)/t29-,32+,36?,37+,38-,39-,40-,41?,42?,90?/m0/s1. The van der Waals surface area contributed by atoms with Crippen molar-refractivity contribution < 1.29 is 81.9 Å². The number of likely N-dealkylation sites (tertiary alicyclic amines) is 1. The van der Waals surface area contributed by atoms with E-state index in [0.717, 1.165) is 14.7 Å². The van der Waals surface area contributed by atoms with Crippen molar-refractivity contribution in [3.05, 3.63) is 59.7 Å². The number of aliphatic hydroxyl groups excluding tert-OH is 2. The lowest BCUT2D eigenvalue weighted by atomic mass is 10.0. The first kappa shape index (κ1) is 68.8. The fourth-order valence-electron chi connectivity index (χ4n) is 10.6. The van der Waals surface area contributed by atoms with E-state index in [1.807, 2.05) is 0 Å². The van der Waals surface area contributed by atoms with Gasteiger partial charge in [0.2, 0.25) is 87.7 Å². The first-order chi connectivity index (χ1) is 42.8. The average Bonchev–Trinajstić information content (AvgIpc) is 1.73. The number of nitrogens with zero attached hydrogens (tertiary/aromatic N) is 3. The number of para-hydroxylation sites is 1. The topological polar surface area (TPSA) is 448 Å². The number of hydrogen-bond donors (Lipinski definition) is 14. The van der Waals surface area contributed by atoms with Gasteiger partial charge in [-0.3, -0.25) is 72.0 Å². The summed E-state index contributed by atoms with van der Waals surface area (Å²) >= 11 is 1.70. The summed E-state index contributed by atoms with van der Waals surface area (Å²) in [7, 11) is 1.21. The molecule has 90 heavy (non-hydrogen) atoms. The Morgan fingerprint density at radius 2 is 1.49 bits per heavy atom. The first-order valence-corrected chi connectivity index (χ1v) is 31.0. The molecule has 7 rings (SSSR count). The predicted molar refractivity (Wildman–Crippen MR) is 322 cm³/mol. The van der Waals surface area contributed by atoms with Crippen LogP contribution < -0.4 is 53.2 Å². The van der Waals surface area contributed by atoms with Gasteiger partial charge in [-0.25, -0.2) is 0 Å². The van der Waals surface area contributed by atoms with E-state index in [4.69, 9.17) is 0 Å². The number of aromatic amines is 1. The molecule has 0 aliphatic carbocycles. The first-order valence-electron chi connectivity index (χ1n) is 29.2. The zero-order valence-corrected chi connectivity index (χ0v) is 51.3. The molecule has 13 N–H and O–H groups in total. The normalized spacial score (nSPS) is 24.1. The van der Waals surface area contributed by atoms with Crippen LogP contribution in [0.4, 0.5) is 5.69 Å². The van der Waals surface area contributed by atoms with Gasteiger partial charge in [0.05, 0.1) is 44.0 Å². The van der Waals surface area contributed by atoms with Crippen molar-refractivity contribution >= 4 is 123 Å². The Hall–Kier alpha value is -8.66. The van der Waals surface area contributed by atoms with E-state index in [1.54, 1.807) is 43.3 Å². The Bertz CT molecular complexity index is 3260. The number of rotatable bonds is 17. The largest absolute Gasteiger partial charge is 0.610 e. The number of amides is 14. The highest BCUT2D eigenvalue weighted by molar-refractivity contribution is 7.91. The van der Waals surface area contributed by atoms with Gasteiger partial charge < -0.3 is 82.7 Å². The van der Waals surface area contributed by atoms with Gasteiger partial charge in [0.1, 0.15) is 42.0 Å². The van der Waals surface area contributed by atoms with E-state index in [9.17, 15) is 81.9 Å². The number of carbonyl (C=O) groups excluding carboxylic acids is 14. The van der Waals surface area contributed by atoms with Crippen LogP contribution in [0.1, 0.15) is 76.3 Å². The summed E-state index contributed by atoms with van der Waals surface area (Å²) in [5.74, 6) is -12.0. The molecule has 33 heteroatoms. The highest BCUT2D eigenvalue weighted by Gasteiger charge is 2.44. The molecule has 2 bridgehead atoms. The van der Waals surface area contributed by atoms with E-state index in [2.05, 4.69) is 70.8 Å². The Balaban J connectivity index is 1.13. The molecule has 4 aliphatic rings. The van der Waals surface area contributed by atoms with Crippen LogP contribution >= 0.6 is 12.6 Å². The molecule has 3 aromatic rings. The van der Waals surface area contributed by atoms with E-state index < -0.39 is 199 Å². The second-order valence-corrected chi connectivity index (χ2v) is 24.2. The maximum Gasteiger partial charge on any atom is 0.248 e. The molecule has 2 fully saturated rings. The second kappa shape index (κ2) is 31.7. The zero-order chi connectivity index (χ0) is 65.5. The Morgan fingerprint density at radius 1 is 0.789 bits per heavy atom. The number of nitrogens with one attached hydrogen (secondary N) is 11. The molecule has 0 spiro atoms. The third kappa shape index (κ3) is 18.0. The molecule has 0 radical (unpaired) electrons. The molecule has 31 nitrogen and oxygen atoms in total. The molecule has 10 atom stereocenters. The van der Waals surface area contributed by atoms with Crippen molar-refractivity contribution in [3.8, 4) is 0 Å². The van der Waals surface area contributed by atoms with Crippen LogP contribution in [0.5, 0.6) is 0 Å². The van der Waals surface area contributed by atoms with Crippen molar-refractivity contribution in [3.63, 3.8) is 0 Å². The number of hydrogen-bond acceptors (Lipinski definition) is 18. The van der Waals surface area contributed by atoms with Crippen molar-refractivity contribution in [2.45, 2.75) is 137 Å². The monoisotopic (exact) mass is 1290 g/mol. The quantitative estimate of drug-likeness (QED) is 0.0342. The van der Waals surface area contributed by atoms with Crippen molar-refractivity contribution in [2.24, 2.45) is 0 Å². The molecule has 2 saturated heterocycles. The van der Waals surface area contributed by atoms with Gasteiger partial charge in [0, 0.05) is 85.7 Å². The lowest BCUT2D eigenvalue weighted by Gasteiger charge is -2.35. The van der Waals surface area contributed by atoms with Gasteiger partial charge in [-0.2, -0.15) is 12.6 Å². The number of anilines is 1. The lowest BCUT2D eigenvalue weighted by molar-refractivity contribution is -0.149. The highest BCUT2D eigenvalue weighted by atomic mass is 32.2. The summed E-state index contributed by atoms with van der Waals surface area (Å²) in [6.45, 7) is -0.188. The lowest BCUT2D eigenvalue weighted by Crippen LogP contribution is -2.61. The molecule has 4 aliphatic heterocycles. The molecule has 5 heterocycles. The minimum absolute atomic E-state index is 0.00922. The predicted octanol–water partition coefficient (Wildman–Crippen LogP) is -4.91. The number of fused-ring (bicyclic) bond motifs is 5. The van der Waals surface area contributed by atoms with Gasteiger partial charge in [-0.15, -0.1) is 0 Å². The number of carbonyl (C=O) groups is 14. The van der Waals surface area contributed by atoms with E-state index in [0.29, 0.717) is 22.9 Å². The van der Waals surface area contributed by atoms with Crippen LogP contribution in [0, 0.1) is 0 Å². The van der Waals surface area contributed by atoms with Crippen LogP contribution in [0.15, 0.2) is 53.6 Å². The number of aliphatic hydroxyl groups is 2. The molecule has 486 valence electrons. The summed E-state index contributed by atoms with van der Waals surface area (Å²) in [6.07, 6.45) is -3.09. The SMILES string of the molecule is CCCC1NC(=O)CNC(=O)[C@H]2Cc3c([nH]c4ccccc34)[S+]([O-])C[C@H](NC(=O)CNC1=O)C(=O)N[C@@H](CC(=O)NCc1ccc(NC(=O)[C@H](C)NC(=O)CNC(=O)CCN3C(=O)CC(S)C3=O)cc1)C(=O)N1CCC[C@H]1C(=O)N(C)C(C[C@@H](O)CO)C(=O)N2. The van der Waals surface area contributed by atoms with Gasteiger partial charge in [-0.05, 0) is 49.9 Å². The van der Waals surface area contributed by atoms with Gasteiger partial charge in [-0.1, -0.05) is 43.7 Å². The van der Waals surface area contributed by atoms with Crippen LogP contribution in [0.25, 0.3) is 10.9 Å². The molecule has 1 aromatic heterocycles. The number of benzene rings is 2. The van der Waals surface area contributed by atoms with Crippen molar-refractivity contribution in [1.82, 2.24) is 67.5 Å². The summed E-state index contributed by atoms with van der Waals surface area (Å²) in [5, 5.41) is 45.5. The fourth-order valence-corrected chi connectivity index (χ4v) is 12.3. The second-order valence-electron chi connectivity index (χ2n) is 22.1. The maximum atomic E-state index is 15.0. The third-order valence-corrected chi connectivity index (χ3v) is 17.3. The van der Waals surface area contributed by atoms with E-state index >= 15 is 0 Å². The van der Waals surface area contributed by atoms with Crippen molar-refractivity contribution in [2.75, 3.05) is 57.4 Å². The third-order valence-electron chi connectivity index (χ3n) is 15.4. The summed E-state index contributed by atoms with van der Waals surface area (Å²) in [6, 6.07) is 2.06. The minimum atomic E-state index is -2.34. The van der Waals surface area contributed by atoms with Crippen LogP contribution in [-0.2, 0) is 91.3 Å². The highest BCUT2D eigenvalue weighted by Crippen LogP contribution is 2.30. The Kier molecular flexibility index (Phi) is 24.2. The number of aromatic nitrogens is 1. The smallest absolute Gasteiger partial charge is 0.248 e. The number of likely N-dealkylation sites (N-methyl/N-ethyl adjacent to an activating group) is 1. The molecular weight excluding hydrogens is 1220 g/mol. The van der Waals surface area contributed by atoms with Gasteiger partial charge in [0.15, 0.2) is 6.04 Å². The van der Waals surface area contributed by atoms with Crippen LogP contribution in [0.3, 0.4) is 0 Å². The maximum absolute atomic E-state index is 15.0. The van der Waals surface area contributed by atoms with Crippen LogP contribution in [-0.4, -0.2) is 223 Å². The summed E-state index contributed by atoms with van der Waals surface area (Å²) in [5.41, 5.74) is 1.31. The molecular formula is C57H74N14O17S2. The number of H-pyrrole nitrogens is 1. The van der Waals surface area contributed by atoms with Crippen LogP contribution in [0.2, 0.25) is 0 Å². The summed E-state index contributed by atoms with van der Waals surface area (Å²) < 4.78 is 14.9. The van der Waals surface area contributed by atoms with Crippen molar-refractivity contribution in [1.29, 1.82) is 0 Å². The average molecular weight is 1290 g/mol. The molecule has 14 amide bonds. The fraction of sp³-hybridized carbons (Fsp3) is 0.509. The van der Waals surface area contributed by atoms with E-state index in [-0.39, 0.29) is 68.0 Å². The number of thiol groups is 1. The zero-order valence-electron chi connectivity index (χ0n) is 49.6. The summed E-state index contributed by atoms with van der Waals surface area (Å²) in [4.78, 5) is 196. The van der Waals surface area contributed by atoms with E-state index in [1.165, 1.54) is 26.1 Å². The molecule has 4 unspecified atom stereocenters.